The lowest BCUT2D eigenvalue weighted by Crippen LogP contribution is -2.03. The minimum atomic E-state index is -0.528. The van der Waals surface area contributed by atoms with Gasteiger partial charge in [0.25, 0.3) is 0 Å². The molecular formula is C2H6B2F2O. The highest BCUT2D eigenvalue weighted by atomic mass is 19.1. The quantitative estimate of drug-likeness (QED) is 0.348. The summed E-state index contributed by atoms with van der Waals surface area (Å²) in [5, 5.41) is 0. The Morgan fingerprint density at radius 2 is 1.57 bits per heavy atom. The smallest absolute Gasteiger partial charge is 0.357 e. The molecule has 5 heteroatoms. The Kier molecular flexibility index (Phi) is 5.91. The maximum Gasteiger partial charge on any atom is 0.357 e. The summed E-state index contributed by atoms with van der Waals surface area (Å²) in [4.78, 5) is 0. The van der Waals surface area contributed by atoms with E-state index in [1.54, 1.807) is 0 Å². The number of halogens is 2. The highest BCUT2D eigenvalue weighted by Crippen LogP contribution is 1.70. The molecule has 0 aliphatic heterocycles. The summed E-state index contributed by atoms with van der Waals surface area (Å²) in [6, 6.07) is 0. The SMILES string of the molecule is FBCOCBF. The molecule has 0 aromatic carbocycles. The largest absolute Gasteiger partial charge is 0.392 e. The summed E-state index contributed by atoms with van der Waals surface area (Å²) in [6.45, 7) is 0.0356. The molecule has 0 amide bonds. The molecule has 0 rings (SSSR count). The molecule has 1 nitrogen and oxygen atoms in total. The van der Waals surface area contributed by atoms with Crippen LogP contribution in [0.5, 0.6) is 0 Å². The summed E-state index contributed by atoms with van der Waals surface area (Å²) < 4.78 is 26.5. The Hall–Kier alpha value is -0.0501. The predicted octanol–water partition coefficient (Wildman–Crippen LogP) is -0.440. The first kappa shape index (κ1) is 6.95. The van der Waals surface area contributed by atoms with Gasteiger partial charge in [0.05, 0.1) is 13.0 Å². The van der Waals surface area contributed by atoms with Crippen molar-refractivity contribution in [3.63, 3.8) is 0 Å². The van der Waals surface area contributed by atoms with E-state index < -0.39 is 15.1 Å². The van der Waals surface area contributed by atoms with E-state index in [9.17, 15) is 8.63 Å². The average molecular weight is 106 g/mol. The number of rotatable bonds is 4. The number of hydrogen-bond donors (Lipinski definition) is 0. The van der Waals surface area contributed by atoms with E-state index in [1.165, 1.54) is 0 Å². The Bertz CT molecular complexity index is 32.9. The zero-order chi connectivity index (χ0) is 5.54. The second kappa shape index (κ2) is 5.95. The first-order valence-corrected chi connectivity index (χ1v) is 2.11. The lowest BCUT2D eigenvalue weighted by Gasteiger charge is -1.90. The molecule has 40 valence electrons. The molecule has 0 bridgehead atoms. The van der Waals surface area contributed by atoms with Crippen LogP contribution in [-0.4, -0.2) is 28.1 Å². The maximum atomic E-state index is 11.1. The fourth-order valence-corrected chi connectivity index (χ4v) is 0.211. The van der Waals surface area contributed by atoms with Crippen molar-refractivity contribution < 1.29 is 13.4 Å². The van der Waals surface area contributed by atoms with Gasteiger partial charge in [-0.3, -0.25) is 0 Å². The summed E-state index contributed by atoms with van der Waals surface area (Å²) >= 11 is 0. The van der Waals surface area contributed by atoms with E-state index in [0.717, 1.165) is 0 Å². The third-order valence-electron chi connectivity index (χ3n) is 0.443. The first-order valence-electron chi connectivity index (χ1n) is 2.11. The van der Waals surface area contributed by atoms with Gasteiger partial charge in [0, 0.05) is 0 Å². The summed E-state index contributed by atoms with van der Waals surface area (Å²) in [5.74, 6) is 0. The van der Waals surface area contributed by atoms with Crippen LogP contribution in [0.1, 0.15) is 0 Å². The van der Waals surface area contributed by atoms with Crippen LogP contribution in [0, 0.1) is 0 Å². The van der Waals surface area contributed by atoms with Crippen LogP contribution in [-0.2, 0) is 4.74 Å². The zero-order valence-corrected chi connectivity index (χ0v) is 3.99. The van der Waals surface area contributed by atoms with Crippen molar-refractivity contribution in [2.45, 2.75) is 0 Å². The molecule has 0 aromatic rings. The van der Waals surface area contributed by atoms with E-state index in [1.807, 2.05) is 0 Å². The molecule has 0 heterocycles. The minimum absolute atomic E-state index is 0.0178. The molecule has 0 aromatic heterocycles. The van der Waals surface area contributed by atoms with Crippen molar-refractivity contribution in [3.8, 4) is 0 Å². The normalized spacial score (nSPS) is 8.29. The van der Waals surface area contributed by atoms with Gasteiger partial charge in [-0.05, 0) is 0 Å². The van der Waals surface area contributed by atoms with E-state index in [4.69, 9.17) is 0 Å². The van der Waals surface area contributed by atoms with Gasteiger partial charge in [0.2, 0.25) is 0 Å². The molecule has 0 aliphatic carbocycles. The van der Waals surface area contributed by atoms with E-state index in [2.05, 4.69) is 4.74 Å². The lowest BCUT2D eigenvalue weighted by molar-refractivity contribution is 0.219. The molecule has 0 atom stereocenters. The summed E-state index contributed by atoms with van der Waals surface area (Å²) in [7, 11) is -1.06. The van der Waals surface area contributed by atoms with Crippen LogP contribution in [0.4, 0.5) is 8.63 Å². The molecular weight excluding hydrogens is 99.6 g/mol. The van der Waals surface area contributed by atoms with Crippen LogP contribution >= 0.6 is 0 Å². The van der Waals surface area contributed by atoms with Crippen LogP contribution < -0.4 is 0 Å². The third-order valence-corrected chi connectivity index (χ3v) is 0.443. The molecule has 0 fully saturated rings. The van der Waals surface area contributed by atoms with Crippen LogP contribution in [0.3, 0.4) is 0 Å². The molecule has 0 unspecified atom stereocenters. The maximum absolute atomic E-state index is 11.1. The van der Waals surface area contributed by atoms with Crippen molar-refractivity contribution in [3.05, 3.63) is 0 Å². The van der Waals surface area contributed by atoms with E-state index in [-0.39, 0.29) is 13.0 Å². The second-order valence-corrected chi connectivity index (χ2v) is 0.990. The van der Waals surface area contributed by atoms with Gasteiger partial charge in [-0.1, -0.05) is 0 Å². The van der Waals surface area contributed by atoms with Gasteiger partial charge in [-0.15, -0.1) is 0 Å². The van der Waals surface area contributed by atoms with Gasteiger partial charge in [-0.2, -0.15) is 0 Å². The highest BCUT2D eigenvalue weighted by Gasteiger charge is 1.88. The number of ether oxygens (including phenoxy) is 1. The Morgan fingerprint density at radius 1 is 1.14 bits per heavy atom. The van der Waals surface area contributed by atoms with Crippen molar-refractivity contribution in [1.29, 1.82) is 0 Å². The van der Waals surface area contributed by atoms with E-state index >= 15 is 0 Å². The molecule has 0 saturated heterocycles. The number of hydrogen-bond acceptors (Lipinski definition) is 1. The van der Waals surface area contributed by atoms with Gasteiger partial charge in [-0.25, -0.2) is 0 Å². The van der Waals surface area contributed by atoms with E-state index in [0.29, 0.717) is 0 Å². The first-order chi connectivity index (χ1) is 3.41. The summed E-state index contributed by atoms with van der Waals surface area (Å²) in [6.07, 6.45) is 0. The van der Waals surface area contributed by atoms with Gasteiger partial charge >= 0.3 is 15.1 Å². The molecule has 7 heavy (non-hydrogen) atoms. The Balaban J connectivity index is 2.45. The fraction of sp³-hybridized carbons (Fsp3) is 1.00. The molecule has 0 radical (unpaired) electrons. The van der Waals surface area contributed by atoms with Gasteiger partial charge < -0.3 is 13.4 Å². The zero-order valence-electron chi connectivity index (χ0n) is 3.99. The van der Waals surface area contributed by atoms with Crippen LogP contribution in [0.25, 0.3) is 0 Å². The minimum Gasteiger partial charge on any atom is -0.392 e. The standard InChI is InChI=1S/C2H6B2F2O/c5-3-1-7-2-4-6/h3-4H,1-2H2. The molecule has 0 N–H and O–H groups in total. The highest BCUT2D eigenvalue weighted by molar-refractivity contribution is 6.27. The third kappa shape index (κ3) is 5.95. The topological polar surface area (TPSA) is 9.23 Å². The van der Waals surface area contributed by atoms with Crippen molar-refractivity contribution >= 4 is 15.1 Å². The molecule has 0 aliphatic rings. The lowest BCUT2D eigenvalue weighted by atomic mass is 10.1. The monoisotopic (exact) mass is 106 g/mol. The van der Waals surface area contributed by atoms with Gasteiger partial charge in [0.15, 0.2) is 0 Å². The second-order valence-electron chi connectivity index (χ2n) is 0.990. The molecule has 0 spiro atoms. The van der Waals surface area contributed by atoms with Crippen LogP contribution in [0.15, 0.2) is 0 Å². The van der Waals surface area contributed by atoms with Gasteiger partial charge in [0.1, 0.15) is 0 Å². The van der Waals surface area contributed by atoms with Crippen LogP contribution in [0.2, 0.25) is 0 Å². The van der Waals surface area contributed by atoms with Crippen molar-refractivity contribution in [1.82, 2.24) is 0 Å². The van der Waals surface area contributed by atoms with Crippen molar-refractivity contribution in [2.75, 3.05) is 13.0 Å². The Labute approximate surface area is 42.6 Å². The fourth-order valence-electron chi connectivity index (χ4n) is 0.211. The summed E-state index contributed by atoms with van der Waals surface area (Å²) in [5.41, 5.74) is 0. The predicted molar refractivity (Wildman–Crippen MR) is 27.3 cm³/mol. The average Bonchev–Trinajstić information content (AvgIpc) is 1.69. The Morgan fingerprint density at radius 3 is 1.86 bits per heavy atom. The molecule has 0 saturated carbocycles. The van der Waals surface area contributed by atoms with Crippen molar-refractivity contribution in [2.24, 2.45) is 0 Å².